The van der Waals surface area contributed by atoms with Crippen molar-refractivity contribution in [1.82, 2.24) is 5.32 Å². The maximum absolute atomic E-state index is 11.7. The van der Waals surface area contributed by atoms with E-state index in [1.807, 2.05) is 0 Å². The second kappa shape index (κ2) is 5.29. The summed E-state index contributed by atoms with van der Waals surface area (Å²) >= 11 is 0. The van der Waals surface area contributed by atoms with E-state index in [2.05, 4.69) is 5.32 Å². The minimum atomic E-state index is -0.313. The maximum atomic E-state index is 11.7. The van der Waals surface area contributed by atoms with Crippen LogP contribution in [-0.4, -0.2) is 34.4 Å². The van der Waals surface area contributed by atoms with Crippen molar-refractivity contribution in [3.05, 3.63) is 23.8 Å². The summed E-state index contributed by atoms with van der Waals surface area (Å²) in [7, 11) is 8.22. The number of benzene rings is 1. The Hall–Kier alpha value is -1.65. The number of carbonyl (C=O) groups is 1. The zero-order chi connectivity index (χ0) is 11.3. The molecule has 3 radical (unpaired) electrons. The van der Waals surface area contributed by atoms with Crippen molar-refractivity contribution in [1.29, 1.82) is 0 Å². The van der Waals surface area contributed by atoms with Crippen molar-refractivity contribution in [2.75, 3.05) is 20.7 Å². The van der Waals surface area contributed by atoms with Crippen LogP contribution in [0.1, 0.15) is 10.4 Å². The summed E-state index contributed by atoms with van der Waals surface area (Å²) in [6, 6.07) is 5.12. The van der Waals surface area contributed by atoms with Gasteiger partial charge in [-0.05, 0) is 12.1 Å². The summed E-state index contributed by atoms with van der Waals surface area (Å²) in [5.74, 6) is 0.604. The summed E-state index contributed by atoms with van der Waals surface area (Å²) in [6.07, 6.45) is 0.0695. The smallest absolute Gasteiger partial charge is 0.255 e. The van der Waals surface area contributed by atoms with E-state index in [0.29, 0.717) is 17.1 Å². The van der Waals surface area contributed by atoms with E-state index in [9.17, 15) is 4.79 Å². The highest BCUT2D eigenvalue weighted by atomic mass is 16.5. The van der Waals surface area contributed by atoms with Crippen LogP contribution in [-0.2, 0) is 0 Å². The lowest BCUT2D eigenvalue weighted by Crippen LogP contribution is -2.25. The van der Waals surface area contributed by atoms with Gasteiger partial charge in [0.2, 0.25) is 0 Å². The second-order valence-corrected chi connectivity index (χ2v) is 2.75. The molecule has 0 heterocycles. The summed E-state index contributed by atoms with van der Waals surface area (Å²) < 4.78 is 10.1. The number of ether oxygens (including phenoxy) is 2. The average molecular weight is 205 g/mol. The molecule has 1 amide bonds. The summed E-state index contributed by atoms with van der Waals surface area (Å²) in [5.41, 5.74) is 0.355. The molecule has 79 valence electrons. The maximum Gasteiger partial charge on any atom is 0.255 e. The zero-order valence-corrected chi connectivity index (χ0v) is 8.74. The van der Waals surface area contributed by atoms with E-state index >= 15 is 0 Å². The van der Waals surface area contributed by atoms with E-state index < -0.39 is 0 Å². The van der Waals surface area contributed by atoms with Crippen molar-refractivity contribution in [3.8, 4) is 11.5 Å². The molecule has 0 saturated heterocycles. The third-order valence-electron chi connectivity index (χ3n) is 1.92. The summed E-state index contributed by atoms with van der Waals surface area (Å²) in [4.78, 5) is 11.7. The fourth-order valence-electron chi connectivity index (χ4n) is 1.26. The van der Waals surface area contributed by atoms with Gasteiger partial charge in [-0.3, -0.25) is 4.79 Å². The summed E-state index contributed by atoms with van der Waals surface area (Å²) in [6.45, 7) is 0. The van der Waals surface area contributed by atoms with Crippen molar-refractivity contribution in [2.24, 2.45) is 0 Å². The Bertz CT molecular complexity index is 332. The van der Waals surface area contributed by atoms with Gasteiger partial charge in [-0.1, -0.05) is 6.07 Å². The fraction of sp³-hybridized carbons (Fsp3) is 0.300. The number of carbonyl (C=O) groups excluding carboxylic acids is 1. The van der Waals surface area contributed by atoms with Crippen LogP contribution in [0.25, 0.3) is 0 Å². The first kappa shape index (κ1) is 11.4. The fourth-order valence-corrected chi connectivity index (χ4v) is 1.26. The number of amides is 1. The lowest BCUT2D eigenvalue weighted by Gasteiger charge is -2.14. The van der Waals surface area contributed by atoms with Gasteiger partial charge in [0, 0.05) is 0 Å². The van der Waals surface area contributed by atoms with Gasteiger partial charge < -0.3 is 22.6 Å². The van der Waals surface area contributed by atoms with Crippen LogP contribution in [0.4, 0.5) is 0 Å². The molecule has 1 rings (SSSR count). The normalized spacial score (nSPS) is 9.53. The molecule has 1 aromatic carbocycles. The first-order valence-electron chi connectivity index (χ1n) is 4.43. The Kier molecular flexibility index (Phi) is 4.03. The van der Waals surface area contributed by atoms with E-state index in [-0.39, 0.29) is 12.4 Å². The lowest BCUT2D eigenvalue weighted by molar-refractivity contribution is 0.0954. The molecule has 0 spiro atoms. The largest absolute Gasteiger partial charge is 0.598 e. The van der Waals surface area contributed by atoms with Crippen LogP contribution in [0.5, 0.6) is 11.5 Å². The van der Waals surface area contributed by atoms with Gasteiger partial charge in [0.25, 0.3) is 5.91 Å². The molecule has 0 aliphatic rings. The van der Waals surface area contributed by atoms with Crippen LogP contribution in [0.2, 0.25) is 0 Å². The number of hydrogen-bond donors (Lipinski definition) is 1. The Morgan fingerprint density at radius 2 is 1.87 bits per heavy atom. The molecule has 0 aromatic heterocycles. The predicted molar refractivity (Wildman–Crippen MR) is 57.6 cm³/mol. The molecule has 0 bridgehead atoms. The Balaban J connectivity index is 3.15. The molecule has 1 aromatic rings. The lowest BCUT2D eigenvalue weighted by atomic mass is 10.1. The third-order valence-corrected chi connectivity index (χ3v) is 1.92. The molecule has 1 N–H and O–H groups in total. The topological polar surface area (TPSA) is 47.6 Å². The van der Waals surface area contributed by atoms with Gasteiger partial charge in [0.1, 0.15) is 17.1 Å². The van der Waals surface area contributed by atoms with Crippen molar-refractivity contribution in [3.63, 3.8) is 0 Å². The zero-order valence-electron chi connectivity index (χ0n) is 8.74. The predicted octanol–water partition coefficient (Wildman–Crippen LogP) is 0.560. The monoisotopic (exact) mass is 205 g/mol. The van der Waals surface area contributed by atoms with Gasteiger partial charge in [-0.2, -0.15) is 0 Å². The SMILES string of the molecule is [B-]CNC(=O)c1c(OC)cccc1OC. The average Bonchev–Trinajstić information content (AvgIpc) is 2.28. The molecule has 0 aliphatic heterocycles. The van der Waals surface area contributed by atoms with Crippen LogP contribution in [0, 0.1) is 0 Å². The highest BCUT2D eigenvalue weighted by Crippen LogP contribution is 2.27. The Morgan fingerprint density at radius 1 is 1.33 bits per heavy atom. The van der Waals surface area contributed by atoms with Gasteiger partial charge in [0.15, 0.2) is 0 Å². The molecule has 0 unspecified atom stereocenters. The van der Waals surface area contributed by atoms with Gasteiger partial charge in [-0.25, -0.2) is 6.44 Å². The molecular weight excluding hydrogens is 193 g/mol. The molecule has 0 aliphatic carbocycles. The van der Waals surface area contributed by atoms with Crippen molar-refractivity contribution >= 4 is 13.8 Å². The van der Waals surface area contributed by atoms with Gasteiger partial charge in [-0.15, -0.1) is 0 Å². The highest BCUT2D eigenvalue weighted by Gasteiger charge is 2.15. The molecule has 0 fully saturated rings. The van der Waals surface area contributed by atoms with E-state index in [0.717, 1.165) is 0 Å². The van der Waals surface area contributed by atoms with Gasteiger partial charge in [0.05, 0.1) is 14.2 Å². The number of nitrogens with one attached hydrogen (secondary N) is 1. The number of methoxy groups -OCH3 is 2. The van der Waals surface area contributed by atoms with E-state index in [4.69, 9.17) is 17.3 Å². The molecule has 0 saturated carbocycles. The Labute approximate surface area is 90.0 Å². The van der Waals surface area contributed by atoms with E-state index in [1.54, 1.807) is 18.2 Å². The van der Waals surface area contributed by atoms with Crippen LogP contribution in [0.15, 0.2) is 18.2 Å². The minimum Gasteiger partial charge on any atom is -0.598 e. The third kappa shape index (κ3) is 2.43. The van der Waals surface area contributed by atoms with E-state index in [1.165, 1.54) is 14.2 Å². The summed E-state index contributed by atoms with van der Waals surface area (Å²) in [5, 5.41) is 2.49. The minimum absolute atomic E-state index is 0.0695. The van der Waals surface area contributed by atoms with Crippen LogP contribution in [0.3, 0.4) is 0 Å². The number of hydrogen-bond acceptors (Lipinski definition) is 3. The first-order valence-corrected chi connectivity index (χ1v) is 4.43. The Morgan fingerprint density at radius 3 is 2.27 bits per heavy atom. The van der Waals surface area contributed by atoms with Gasteiger partial charge >= 0.3 is 0 Å². The van der Waals surface area contributed by atoms with Crippen molar-refractivity contribution in [2.45, 2.75) is 0 Å². The van der Waals surface area contributed by atoms with Crippen LogP contribution < -0.4 is 14.8 Å². The molecule has 15 heavy (non-hydrogen) atoms. The van der Waals surface area contributed by atoms with Crippen LogP contribution >= 0.6 is 0 Å². The highest BCUT2D eigenvalue weighted by molar-refractivity contribution is 6.11. The first-order chi connectivity index (χ1) is 7.24. The molecular formula is C10H12BNO3-. The molecule has 4 nitrogen and oxygen atoms in total. The standard InChI is InChI=1S/C10H12BNO3/c1-14-7-4-3-5-8(15-2)9(7)10(13)12-6-11/h3-5H,6H2,1-2H3,(H,12,13)/q-1. The molecule has 0 atom stereocenters. The quantitative estimate of drug-likeness (QED) is 0.730. The molecule has 5 heteroatoms. The van der Waals surface area contributed by atoms with Crippen molar-refractivity contribution < 1.29 is 14.3 Å². The number of rotatable bonds is 4. The second-order valence-electron chi connectivity index (χ2n) is 2.75.